The number of hydrogen-bond donors (Lipinski definition) is 0. The van der Waals surface area contributed by atoms with Crippen molar-refractivity contribution in [3.8, 4) is 0 Å². The van der Waals surface area contributed by atoms with Crippen molar-refractivity contribution in [2.75, 3.05) is 39.3 Å². The predicted octanol–water partition coefficient (Wildman–Crippen LogP) is 1.54. The van der Waals surface area contributed by atoms with Gasteiger partial charge in [0.1, 0.15) is 0 Å². The molecule has 2 aliphatic rings. The number of piperazine rings is 1. The molecule has 6 nitrogen and oxygen atoms in total. The number of likely N-dealkylation sites (tertiary alicyclic amines) is 1. The summed E-state index contributed by atoms with van der Waals surface area (Å²) >= 11 is 0. The smallest absolute Gasteiger partial charge is 0.239 e. The van der Waals surface area contributed by atoms with E-state index in [0.717, 1.165) is 31.5 Å². The van der Waals surface area contributed by atoms with Gasteiger partial charge in [-0.2, -0.15) is 4.31 Å². The van der Waals surface area contributed by atoms with Crippen molar-refractivity contribution in [2.24, 2.45) is 0 Å². The van der Waals surface area contributed by atoms with Crippen molar-refractivity contribution in [1.82, 2.24) is 14.1 Å². The van der Waals surface area contributed by atoms with Crippen molar-refractivity contribution in [2.45, 2.75) is 38.0 Å². The predicted molar refractivity (Wildman–Crippen MR) is 102 cm³/mol. The van der Waals surface area contributed by atoms with Crippen LogP contribution >= 0.6 is 0 Å². The molecule has 0 spiro atoms. The molecule has 0 bridgehead atoms. The van der Waals surface area contributed by atoms with Gasteiger partial charge in [0.2, 0.25) is 15.9 Å². The van der Waals surface area contributed by atoms with E-state index in [4.69, 9.17) is 0 Å². The fraction of sp³-hybridized carbons (Fsp3) is 0.632. The van der Waals surface area contributed by atoms with E-state index < -0.39 is 10.0 Å². The summed E-state index contributed by atoms with van der Waals surface area (Å²) in [6.07, 6.45) is 3.38. The SMILES string of the molecule is CC(C(=O)N1CCCCC1)N1CCN(S(=O)(=O)Cc2ccccc2)CC1. The lowest BCUT2D eigenvalue weighted by Gasteiger charge is -2.39. The third-order valence-corrected chi connectivity index (χ3v) is 7.28. The van der Waals surface area contributed by atoms with E-state index in [2.05, 4.69) is 4.90 Å². The Morgan fingerprint density at radius 1 is 0.962 bits per heavy atom. The zero-order chi connectivity index (χ0) is 18.6. The lowest BCUT2D eigenvalue weighted by atomic mass is 10.1. The minimum Gasteiger partial charge on any atom is -0.341 e. The van der Waals surface area contributed by atoms with Gasteiger partial charge in [0.15, 0.2) is 0 Å². The number of amides is 1. The van der Waals surface area contributed by atoms with Crippen molar-refractivity contribution in [3.05, 3.63) is 35.9 Å². The van der Waals surface area contributed by atoms with Crippen LogP contribution < -0.4 is 0 Å². The molecule has 2 fully saturated rings. The van der Waals surface area contributed by atoms with Crippen LogP contribution in [0.2, 0.25) is 0 Å². The van der Waals surface area contributed by atoms with Crippen molar-refractivity contribution < 1.29 is 13.2 Å². The number of nitrogens with zero attached hydrogens (tertiary/aromatic N) is 3. The quantitative estimate of drug-likeness (QED) is 0.779. The van der Waals surface area contributed by atoms with Gasteiger partial charge >= 0.3 is 0 Å². The Bertz CT molecular complexity index is 694. The second-order valence-corrected chi connectivity index (χ2v) is 9.21. The lowest BCUT2D eigenvalue weighted by molar-refractivity contribution is -0.137. The Hall–Kier alpha value is -1.44. The maximum absolute atomic E-state index is 12.7. The maximum atomic E-state index is 12.7. The molecule has 144 valence electrons. The van der Waals surface area contributed by atoms with Gasteiger partial charge in [-0.05, 0) is 31.7 Å². The second kappa shape index (κ2) is 8.50. The van der Waals surface area contributed by atoms with Crippen LogP contribution in [0.5, 0.6) is 0 Å². The lowest BCUT2D eigenvalue weighted by Crippen LogP contribution is -2.56. The number of benzene rings is 1. The molecule has 1 atom stereocenters. The third-order valence-electron chi connectivity index (χ3n) is 5.43. The zero-order valence-electron chi connectivity index (χ0n) is 15.5. The molecule has 2 heterocycles. The minimum atomic E-state index is -3.31. The minimum absolute atomic E-state index is 0.0378. The number of carbonyl (C=O) groups excluding carboxylic acids is 1. The highest BCUT2D eigenvalue weighted by atomic mass is 32.2. The monoisotopic (exact) mass is 379 g/mol. The van der Waals surface area contributed by atoms with Gasteiger partial charge in [0.25, 0.3) is 0 Å². The van der Waals surface area contributed by atoms with Gasteiger partial charge < -0.3 is 4.90 Å². The molecule has 1 amide bonds. The van der Waals surface area contributed by atoms with Crippen molar-refractivity contribution >= 4 is 15.9 Å². The standard InChI is InChI=1S/C19H29N3O3S/c1-17(19(23)21-10-6-3-7-11-21)20-12-14-22(15-13-20)26(24,25)16-18-8-4-2-5-9-18/h2,4-5,8-9,17H,3,6-7,10-16H2,1H3. The van der Waals surface area contributed by atoms with Crippen molar-refractivity contribution in [3.63, 3.8) is 0 Å². The molecule has 2 aliphatic heterocycles. The van der Waals surface area contributed by atoms with Crippen LogP contribution in [0.4, 0.5) is 0 Å². The average Bonchev–Trinajstić information content (AvgIpc) is 2.68. The van der Waals surface area contributed by atoms with E-state index >= 15 is 0 Å². The molecule has 7 heteroatoms. The van der Waals surface area contributed by atoms with Crippen LogP contribution in [0.15, 0.2) is 30.3 Å². The molecule has 3 rings (SSSR count). The highest BCUT2D eigenvalue weighted by Gasteiger charge is 2.32. The fourth-order valence-corrected chi connectivity index (χ4v) is 5.30. The zero-order valence-corrected chi connectivity index (χ0v) is 16.3. The third kappa shape index (κ3) is 4.64. The van der Waals surface area contributed by atoms with Crippen LogP contribution in [0, 0.1) is 0 Å². The van der Waals surface area contributed by atoms with E-state index in [-0.39, 0.29) is 17.7 Å². The molecule has 0 saturated carbocycles. The van der Waals surface area contributed by atoms with Gasteiger partial charge in [0.05, 0.1) is 11.8 Å². The molecule has 1 unspecified atom stereocenters. The van der Waals surface area contributed by atoms with Crippen LogP contribution in [0.3, 0.4) is 0 Å². The van der Waals surface area contributed by atoms with E-state index in [0.29, 0.717) is 26.2 Å². The van der Waals surface area contributed by atoms with Gasteiger partial charge in [-0.15, -0.1) is 0 Å². The van der Waals surface area contributed by atoms with Crippen LogP contribution in [0.1, 0.15) is 31.7 Å². The molecule has 0 N–H and O–H groups in total. The Morgan fingerprint density at radius 3 is 2.19 bits per heavy atom. The molecule has 2 saturated heterocycles. The summed E-state index contributed by atoms with van der Waals surface area (Å²) in [4.78, 5) is 16.8. The van der Waals surface area contributed by atoms with Crippen LogP contribution in [-0.2, 0) is 20.6 Å². The molecule has 26 heavy (non-hydrogen) atoms. The summed E-state index contributed by atoms with van der Waals surface area (Å²) in [5, 5.41) is 0. The summed E-state index contributed by atoms with van der Waals surface area (Å²) in [6.45, 7) is 5.78. The second-order valence-electron chi connectivity index (χ2n) is 7.24. The Morgan fingerprint density at radius 2 is 1.58 bits per heavy atom. The van der Waals surface area contributed by atoms with E-state index in [1.807, 2.05) is 42.2 Å². The highest BCUT2D eigenvalue weighted by molar-refractivity contribution is 7.88. The summed E-state index contributed by atoms with van der Waals surface area (Å²) in [6, 6.07) is 9.11. The Balaban J connectivity index is 1.54. The molecule has 0 radical (unpaired) electrons. The first-order chi connectivity index (χ1) is 12.5. The van der Waals surface area contributed by atoms with E-state index in [1.54, 1.807) is 4.31 Å². The summed E-state index contributed by atoms with van der Waals surface area (Å²) < 4.78 is 26.9. The summed E-state index contributed by atoms with van der Waals surface area (Å²) in [5.41, 5.74) is 0.809. The average molecular weight is 380 g/mol. The first-order valence-corrected chi connectivity index (χ1v) is 11.1. The highest BCUT2D eigenvalue weighted by Crippen LogP contribution is 2.17. The van der Waals surface area contributed by atoms with Crippen LogP contribution in [0.25, 0.3) is 0 Å². The molecule has 1 aromatic rings. The van der Waals surface area contributed by atoms with Crippen LogP contribution in [-0.4, -0.2) is 73.7 Å². The number of piperidine rings is 1. The number of carbonyl (C=O) groups is 1. The summed E-state index contributed by atoms with van der Waals surface area (Å²) in [7, 11) is -3.31. The van der Waals surface area contributed by atoms with Gasteiger partial charge in [-0.1, -0.05) is 30.3 Å². The Kier molecular flexibility index (Phi) is 6.32. The summed E-state index contributed by atoms with van der Waals surface area (Å²) in [5.74, 6) is 0.223. The fourth-order valence-electron chi connectivity index (χ4n) is 3.78. The van der Waals surface area contributed by atoms with Gasteiger partial charge in [0, 0.05) is 39.3 Å². The Labute approximate surface area is 156 Å². The topological polar surface area (TPSA) is 60.9 Å². The molecule has 0 aliphatic carbocycles. The van der Waals surface area contributed by atoms with Gasteiger partial charge in [-0.25, -0.2) is 8.42 Å². The van der Waals surface area contributed by atoms with E-state index in [9.17, 15) is 13.2 Å². The largest absolute Gasteiger partial charge is 0.341 e. The normalized spacial score (nSPS) is 21.5. The van der Waals surface area contributed by atoms with E-state index in [1.165, 1.54) is 6.42 Å². The molecule has 0 aromatic heterocycles. The first kappa shape index (κ1) is 19.3. The number of sulfonamides is 1. The number of rotatable bonds is 5. The van der Waals surface area contributed by atoms with Crippen molar-refractivity contribution in [1.29, 1.82) is 0 Å². The number of hydrogen-bond acceptors (Lipinski definition) is 4. The molecular formula is C19H29N3O3S. The first-order valence-electron chi connectivity index (χ1n) is 9.52. The van der Waals surface area contributed by atoms with Gasteiger partial charge in [-0.3, -0.25) is 9.69 Å². The molecular weight excluding hydrogens is 350 g/mol. The molecule has 1 aromatic carbocycles. The maximum Gasteiger partial charge on any atom is 0.239 e.